The van der Waals surface area contributed by atoms with Gasteiger partial charge in [0.2, 0.25) is 0 Å². The molecule has 0 aliphatic heterocycles. The van der Waals surface area contributed by atoms with E-state index in [-0.39, 0.29) is 12.6 Å². The van der Waals surface area contributed by atoms with Gasteiger partial charge >= 0.3 is 6.03 Å². The Morgan fingerprint density at radius 1 is 1.21 bits per heavy atom. The zero-order chi connectivity index (χ0) is 17.4. The zero-order valence-corrected chi connectivity index (χ0v) is 15.0. The molecule has 0 saturated heterocycles. The van der Waals surface area contributed by atoms with Crippen LogP contribution in [0.4, 0.5) is 4.79 Å². The number of aliphatic hydroxyl groups is 1. The number of hydrogen-bond donors (Lipinski definition) is 3. The van der Waals surface area contributed by atoms with E-state index in [9.17, 15) is 4.79 Å². The third kappa shape index (κ3) is 6.29. The fraction of sp³-hybridized carbons (Fsp3) is 0.444. The van der Waals surface area contributed by atoms with Gasteiger partial charge in [-0.25, -0.2) is 9.78 Å². The number of rotatable bonds is 8. The molecule has 2 aromatic rings. The van der Waals surface area contributed by atoms with Crippen molar-refractivity contribution in [2.75, 3.05) is 6.54 Å². The molecule has 0 saturated carbocycles. The summed E-state index contributed by atoms with van der Waals surface area (Å²) in [6.45, 7) is 5.48. The van der Waals surface area contributed by atoms with Crippen LogP contribution in [0.5, 0.6) is 0 Å². The number of nitrogens with one attached hydrogen (secondary N) is 2. The van der Waals surface area contributed by atoms with Gasteiger partial charge in [-0.1, -0.05) is 38.1 Å². The number of urea groups is 1. The molecule has 6 heteroatoms. The Morgan fingerprint density at radius 2 is 1.92 bits per heavy atom. The molecule has 5 nitrogen and oxygen atoms in total. The van der Waals surface area contributed by atoms with E-state index in [0.717, 1.165) is 33.9 Å². The lowest BCUT2D eigenvalue weighted by molar-refractivity contribution is 0.240. The van der Waals surface area contributed by atoms with Crippen LogP contribution >= 0.6 is 11.3 Å². The monoisotopic (exact) mass is 347 g/mol. The summed E-state index contributed by atoms with van der Waals surface area (Å²) >= 11 is 1.65. The largest absolute Gasteiger partial charge is 0.392 e. The first kappa shape index (κ1) is 18.4. The second-order valence-electron chi connectivity index (χ2n) is 6.15. The number of carbonyl (C=O) groups excluding carboxylic acids is 1. The molecule has 0 atom stereocenters. The summed E-state index contributed by atoms with van der Waals surface area (Å²) < 4.78 is 0. The van der Waals surface area contributed by atoms with E-state index in [2.05, 4.69) is 29.5 Å². The number of nitrogens with zero attached hydrogens (tertiary/aromatic N) is 1. The van der Waals surface area contributed by atoms with Crippen molar-refractivity contribution in [3.63, 3.8) is 0 Å². The molecule has 1 aromatic heterocycles. The normalized spacial score (nSPS) is 10.8. The number of carbonyl (C=O) groups is 1. The SMILES string of the molecule is CC(C)Cc1ncc(CNC(=O)NCCc2ccc(CO)cc2)s1. The molecule has 1 heterocycles. The number of thiazole rings is 1. The van der Waals surface area contributed by atoms with Gasteiger partial charge in [0.25, 0.3) is 0 Å². The molecule has 2 amide bonds. The molecule has 24 heavy (non-hydrogen) atoms. The van der Waals surface area contributed by atoms with E-state index < -0.39 is 0 Å². The van der Waals surface area contributed by atoms with Crippen molar-refractivity contribution in [2.24, 2.45) is 5.92 Å². The van der Waals surface area contributed by atoms with E-state index >= 15 is 0 Å². The Labute approximate surface area is 147 Å². The van der Waals surface area contributed by atoms with E-state index in [1.807, 2.05) is 30.5 Å². The molecule has 0 bridgehead atoms. The predicted octanol–water partition coefficient (Wildman–Crippen LogP) is 2.88. The van der Waals surface area contributed by atoms with Crippen LogP contribution in [0.2, 0.25) is 0 Å². The molecular weight excluding hydrogens is 322 g/mol. The number of hydrogen-bond acceptors (Lipinski definition) is 4. The molecule has 2 rings (SSSR count). The summed E-state index contributed by atoms with van der Waals surface area (Å²) in [7, 11) is 0. The number of aliphatic hydroxyl groups excluding tert-OH is 1. The smallest absolute Gasteiger partial charge is 0.315 e. The molecule has 0 aliphatic rings. The highest BCUT2D eigenvalue weighted by Gasteiger charge is 2.06. The van der Waals surface area contributed by atoms with Crippen LogP contribution in [-0.2, 0) is 26.0 Å². The van der Waals surface area contributed by atoms with Crippen molar-refractivity contribution in [1.29, 1.82) is 0 Å². The van der Waals surface area contributed by atoms with Crippen molar-refractivity contribution >= 4 is 17.4 Å². The first-order valence-electron chi connectivity index (χ1n) is 8.20. The number of aromatic nitrogens is 1. The summed E-state index contributed by atoms with van der Waals surface area (Å²) in [6, 6.07) is 7.57. The molecule has 0 aliphatic carbocycles. The summed E-state index contributed by atoms with van der Waals surface area (Å²) in [5.74, 6) is 0.590. The van der Waals surface area contributed by atoms with Crippen LogP contribution in [0.25, 0.3) is 0 Å². The first-order chi connectivity index (χ1) is 11.6. The second kappa shape index (κ2) is 9.39. The van der Waals surface area contributed by atoms with E-state index in [1.54, 1.807) is 11.3 Å². The molecule has 0 fully saturated rings. The van der Waals surface area contributed by atoms with E-state index in [0.29, 0.717) is 19.0 Å². The number of amides is 2. The third-order valence-corrected chi connectivity index (χ3v) is 4.53. The van der Waals surface area contributed by atoms with Crippen molar-refractivity contribution in [3.8, 4) is 0 Å². The Balaban J connectivity index is 1.66. The quantitative estimate of drug-likeness (QED) is 0.687. The van der Waals surface area contributed by atoms with Crippen molar-refractivity contribution < 1.29 is 9.90 Å². The Kier molecular flexibility index (Phi) is 7.21. The lowest BCUT2D eigenvalue weighted by Crippen LogP contribution is -2.36. The maximum absolute atomic E-state index is 11.8. The topological polar surface area (TPSA) is 74.2 Å². The second-order valence-corrected chi connectivity index (χ2v) is 7.35. The molecule has 3 N–H and O–H groups in total. The molecule has 0 radical (unpaired) electrons. The van der Waals surface area contributed by atoms with Gasteiger partial charge < -0.3 is 15.7 Å². The average Bonchev–Trinajstić information content (AvgIpc) is 3.00. The molecule has 0 unspecified atom stereocenters. The summed E-state index contributed by atoms with van der Waals surface area (Å²) in [6.07, 6.45) is 3.58. The van der Waals surface area contributed by atoms with Crippen LogP contribution in [-0.4, -0.2) is 22.7 Å². The van der Waals surface area contributed by atoms with Crippen LogP contribution in [0, 0.1) is 5.92 Å². The van der Waals surface area contributed by atoms with Gasteiger partial charge in [0.05, 0.1) is 18.2 Å². The van der Waals surface area contributed by atoms with Gasteiger partial charge in [-0.15, -0.1) is 11.3 Å². The molecular formula is C18H25N3O2S. The minimum atomic E-state index is -0.166. The first-order valence-corrected chi connectivity index (χ1v) is 9.02. The highest BCUT2D eigenvalue weighted by Crippen LogP contribution is 2.16. The predicted molar refractivity (Wildman–Crippen MR) is 97.0 cm³/mol. The van der Waals surface area contributed by atoms with Gasteiger partial charge in [0.15, 0.2) is 0 Å². The summed E-state index contributed by atoms with van der Waals surface area (Å²) in [4.78, 5) is 17.3. The summed E-state index contributed by atoms with van der Waals surface area (Å²) in [5.41, 5.74) is 2.03. The van der Waals surface area contributed by atoms with E-state index in [4.69, 9.17) is 5.11 Å². The third-order valence-electron chi connectivity index (χ3n) is 3.51. The van der Waals surface area contributed by atoms with Crippen molar-refractivity contribution in [1.82, 2.24) is 15.6 Å². The van der Waals surface area contributed by atoms with Gasteiger partial charge in [0.1, 0.15) is 0 Å². The average molecular weight is 347 g/mol. The lowest BCUT2D eigenvalue weighted by atomic mass is 10.1. The van der Waals surface area contributed by atoms with Crippen molar-refractivity contribution in [3.05, 3.63) is 51.5 Å². The Hall–Kier alpha value is -1.92. The van der Waals surface area contributed by atoms with Crippen LogP contribution in [0.15, 0.2) is 30.5 Å². The fourth-order valence-electron chi connectivity index (χ4n) is 2.23. The summed E-state index contributed by atoms with van der Waals surface area (Å²) in [5, 5.41) is 15.8. The van der Waals surface area contributed by atoms with Gasteiger partial charge in [-0.3, -0.25) is 0 Å². The van der Waals surface area contributed by atoms with Gasteiger partial charge in [0, 0.05) is 24.0 Å². The highest BCUT2D eigenvalue weighted by atomic mass is 32.1. The van der Waals surface area contributed by atoms with Crippen molar-refractivity contribution in [2.45, 2.75) is 39.8 Å². The standard InChI is InChI=1S/C18H25N3O2S/c1-13(2)9-17-20-10-16(24-17)11-21-18(23)19-8-7-14-3-5-15(12-22)6-4-14/h3-6,10,13,22H,7-9,11-12H2,1-2H3,(H2,19,21,23). The maximum Gasteiger partial charge on any atom is 0.315 e. The molecule has 0 spiro atoms. The number of benzene rings is 1. The Morgan fingerprint density at radius 3 is 2.58 bits per heavy atom. The van der Waals surface area contributed by atoms with Crippen LogP contribution < -0.4 is 10.6 Å². The van der Waals surface area contributed by atoms with Gasteiger partial charge in [-0.2, -0.15) is 0 Å². The molecule has 1 aromatic carbocycles. The lowest BCUT2D eigenvalue weighted by Gasteiger charge is -2.07. The fourth-order valence-corrected chi connectivity index (χ4v) is 3.31. The minimum absolute atomic E-state index is 0.0530. The minimum Gasteiger partial charge on any atom is -0.392 e. The van der Waals surface area contributed by atoms with Crippen LogP contribution in [0.3, 0.4) is 0 Å². The maximum atomic E-state index is 11.8. The van der Waals surface area contributed by atoms with Gasteiger partial charge in [-0.05, 0) is 23.5 Å². The zero-order valence-electron chi connectivity index (χ0n) is 14.2. The van der Waals surface area contributed by atoms with Crippen LogP contribution in [0.1, 0.15) is 34.9 Å². The van der Waals surface area contributed by atoms with E-state index in [1.165, 1.54) is 0 Å². The molecule has 130 valence electrons. The highest BCUT2D eigenvalue weighted by molar-refractivity contribution is 7.11. The Bertz CT molecular complexity index is 638.